The molecule has 1 atom stereocenters. The Kier molecular flexibility index (Phi) is 3.72. The third-order valence-electron chi connectivity index (χ3n) is 4.28. The van der Waals surface area contributed by atoms with Crippen LogP contribution in [0.25, 0.3) is 0 Å². The zero-order chi connectivity index (χ0) is 17.4. The van der Waals surface area contributed by atoms with E-state index in [1.54, 1.807) is 54.6 Å². The summed E-state index contributed by atoms with van der Waals surface area (Å²) < 4.78 is 19.3. The SMILES string of the molecule is Cc1ccc(NC2c3ncccc3C(=O)N2Cc2ccco2)cc1F. The summed E-state index contributed by atoms with van der Waals surface area (Å²) in [5, 5.41) is 3.22. The van der Waals surface area contributed by atoms with Crippen molar-refractivity contribution in [2.24, 2.45) is 0 Å². The van der Waals surface area contributed by atoms with E-state index < -0.39 is 6.17 Å². The van der Waals surface area contributed by atoms with E-state index in [0.717, 1.165) is 0 Å². The number of amides is 1. The van der Waals surface area contributed by atoms with Crippen molar-refractivity contribution in [2.75, 3.05) is 5.32 Å². The fraction of sp³-hybridized carbons (Fsp3) is 0.158. The third-order valence-corrected chi connectivity index (χ3v) is 4.28. The summed E-state index contributed by atoms with van der Waals surface area (Å²) in [7, 11) is 0. The summed E-state index contributed by atoms with van der Waals surface area (Å²) in [5.74, 6) is 0.237. The highest BCUT2D eigenvalue weighted by molar-refractivity contribution is 5.98. The van der Waals surface area contributed by atoms with E-state index in [2.05, 4.69) is 10.3 Å². The largest absolute Gasteiger partial charge is 0.467 e. The van der Waals surface area contributed by atoms with Gasteiger partial charge >= 0.3 is 0 Å². The molecule has 0 radical (unpaired) electrons. The molecule has 4 rings (SSSR count). The van der Waals surface area contributed by atoms with E-state index in [1.165, 1.54) is 6.07 Å². The number of carbonyl (C=O) groups is 1. The molecule has 0 bridgehead atoms. The van der Waals surface area contributed by atoms with E-state index in [9.17, 15) is 9.18 Å². The highest BCUT2D eigenvalue weighted by Gasteiger charge is 2.38. The number of benzene rings is 1. The van der Waals surface area contributed by atoms with Crippen LogP contribution in [-0.4, -0.2) is 15.8 Å². The number of aromatic nitrogens is 1. The summed E-state index contributed by atoms with van der Waals surface area (Å²) in [6.45, 7) is 2.01. The fourth-order valence-electron chi connectivity index (χ4n) is 2.96. The maximum absolute atomic E-state index is 13.9. The third kappa shape index (κ3) is 2.76. The van der Waals surface area contributed by atoms with Crippen LogP contribution < -0.4 is 5.32 Å². The van der Waals surface area contributed by atoms with Crippen LogP contribution in [-0.2, 0) is 6.54 Å². The van der Waals surface area contributed by atoms with E-state index in [0.29, 0.717) is 34.8 Å². The van der Waals surface area contributed by atoms with Gasteiger partial charge in [0.1, 0.15) is 17.7 Å². The number of hydrogen-bond acceptors (Lipinski definition) is 4. The van der Waals surface area contributed by atoms with Gasteiger partial charge in [-0.3, -0.25) is 9.78 Å². The molecule has 0 aliphatic carbocycles. The first-order chi connectivity index (χ1) is 12.1. The lowest BCUT2D eigenvalue weighted by atomic mass is 10.2. The Balaban J connectivity index is 1.70. The summed E-state index contributed by atoms with van der Waals surface area (Å²) in [6.07, 6.45) is 2.72. The number of fused-ring (bicyclic) bond motifs is 1. The molecule has 5 nitrogen and oxygen atoms in total. The van der Waals surface area contributed by atoms with Crippen LogP contribution in [0.15, 0.2) is 59.3 Å². The molecule has 1 unspecified atom stereocenters. The normalized spacial score (nSPS) is 16.2. The van der Waals surface area contributed by atoms with Crippen LogP contribution >= 0.6 is 0 Å². The Morgan fingerprint density at radius 2 is 2.16 bits per heavy atom. The van der Waals surface area contributed by atoms with Gasteiger partial charge in [0.15, 0.2) is 0 Å². The summed E-state index contributed by atoms with van der Waals surface area (Å²) >= 11 is 0. The van der Waals surface area contributed by atoms with Gasteiger partial charge in [-0.1, -0.05) is 6.07 Å². The maximum Gasteiger partial charge on any atom is 0.258 e. The van der Waals surface area contributed by atoms with Crippen LogP contribution in [0.2, 0.25) is 0 Å². The number of rotatable bonds is 4. The van der Waals surface area contributed by atoms with Gasteiger partial charge in [0, 0.05) is 11.9 Å². The average molecular weight is 337 g/mol. The molecule has 0 spiro atoms. The molecule has 3 aromatic rings. The molecule has 25 heavy (non-hydrogen) atoms. The van der Waals surface area contributed by atoms with Gasteiger partial charge in [0.05, 0.1) is 24.1 Å². The zero-order valence-electron chi connectivity index (χ0n) is 13.6. The monoisotopic (exact) mass is 337 g/mol. The van der Waals surface area contributed by atoms with E-state index in [4.69, 9.17) is 4.42 Å². The predicted molar refractivity (Wildman–Crippen MR) is 90.3 cm³/mol. The highest BCUT2D eigenvalue weighted by Crippen LogP contribution is 2.34. The van der Waals surface area contributed by atoms with Crippen molar-refractivity contribution in [3.8, 4) is 0 Å². The first-order valence-corrected chi connectivity index (χ1v) is 7.94. The predicted octanol–water partition coefficient (Wildman–Crippen LogP) is 3.89. The van der Waals surface area contributed by atoms with Crippen LogP contribution in [0.1, 0.15) is 33.5 Å². The van der Waals surface area contributed by atoms with E-state index >= 15 is 0 Å². The number of halogens is 1. The topological polar surface area (TPSA) is 58.4 Å². The number of nitrogens with one attached hydrogen (secondary N) is 1. The van der Waals surface area contributed by atoms with Crippen LogP contribution in [0.5, 0.6) is 0 Å². The minimum atomic E-state index is -0.490. The molecule has 6 heteroatoms. The summed E-state index contributed by atoms with van der Waals surface area (Å²) in [6, 6.07) is 12.0. The lowest BCUT2D eigenvalue weighted by Crippen LogP contribution is -2.32. The Bertz CT molecular complexity index is 924. The lowest BCUT2D eigenvalue weighted by molar-refractivity contribution is 0.0714. The average Bonchev–Trinajstić information content (AvgIpc) is 3.21. The van der Waals surface area contributed by atoms with Crippen LogP contribution in [0, 0.1) is 12.7 Å². The fourth-order valence-corrected chi connectivity index (χ4v) is 2.96. The molecule has 1 aromatic carbocycles. The zero-order valence-corrected chi connectivity index (χ0v) is 13.6. The van der Waals surface area contributed by atoms with Crippen molar-refractivity contribution in [2.45, 2.75) is 19.6 Å². The second kappa shape index (κ2) is 6.05. The van der Waals surface area contributed by atoms with Gasteiger partial charge in [-0.25, -0.2) is 4.39 Å². The molecule has 1 aliphatic heterocycles. The molecular formula is C19H16FN3O2. The van der Waals surface area contributed by atoms with Gasteiger partial charge in [-0.2, -0.15) is 0 Å². The number of anilines is 1. The number of carbonyl (C=O) groups excluding carboxylic acids is 1. The van der Waals surface area contributed by atoms with Crippen molar-refractivity contribution in [3.63, 3.8) is 0 Å². The molecule has 0 fully saturated rings. The van der Waals surface area contributed by atoms with Gasteiger partial charge in [-0.15, -0.1) is 0 Å². The standard InChI is InChI=1S/C19H16FN3O2/c1-12-6-7-13(10-16(12)20)22-18-17-15(5-2-8-21-17)19(24)23(18)11-14-4-3-9-25-14/h2-10,18,22H,11H2,1H3. The lowest BCUT2D eigenvalue weighted by Gasteiger charge is -2.25. The Morgan fingerprint density at radius 3 is 2.92 bits per heavy atom. The van der Waals surface area contributed by atoms with Crippen molar-refractivity contribution < 1.29 is 13.6 Å². The van der Waals surface area contributed by atoms with E-state index in [-0.39, 0.29) is 11.7 Å². The van der Waals surface area contributed by atoms with Crippen molar-refractivity contribution in [1.82, 2.24) is 9.88 Å². The van der Waals surface area contributed by atoms with Crippen molar-refractivity contribution in [1.29, 1.82) is 0 Å². The maximum atomic E-state index is 13.9. The summed E-state index contributed by atoms with van der Waals surface area (Å²) in [5.41, 5.74) is 2.32. The first kappa shape index (κ1) is 15.4. The van der Waals surface area contributed by atoms with Gasteiger partial charge in [0.2, 0.25) is 0 Å². The number of aryl methyl sites for hydroxylation is 1. The van der Waals surface area contributed by atoms with Gasteiger partial charge in [0.25, 0.3) is 5.91 Å². The van der Waals surface area contributed by atoms with E-state index in [1.807, 2.05) is 6.07 Å². The number of hydrogen-bond donors (Lipinski definition) is 1. The molecule has 126 valence electrons. The highest BCUT2D eigenvalue weighted by atomic mass is 19.1. The van der Waals surface area contributed by atoms with Crippen LogP contribution in [0.4, 0.5) is 10.1 Å². The Morgan fingerprint density at radius 1 is 1.28 bits per heavy atom. The first-order valence-electron chi connectivity index (χ1n) is 7.94. The molecule has 1 aliphatic rings. The number of nitrogens with zero attached hydrogens (tertiary/aromatic N) is 2. The molecule has 2 aromatic heterocycles. The molecule has 0 saturated heterocycles. The number of furan rings is 1. The van der Waals surface area contributed by atoms with Gasteiger partial charge < -0.3 is 14.6 Å². The molecule has 1 amide bonds. The summed E-state index contributed by atoms with van der Waals surface area (Å²) in [4.78, 5) is 18.8. The molecule has 0 saturated carbocycles. The minimum Gasteiger partial charge on any atom is -0.467 e. The van der Waals surface area contributed by atoms with Crippen LogP contribution in [0.3, 0.4) is 0 Å². The van der Waals surface area contributed by atoms with Crippen molar-refractivity contribution in [3.05, 3.63) is 83.3 Å². The Labute approximate surface area is 144 Å². The molecule has 3 heterocycles. The smallest absolute Gasteiger partial charge is 0.258 e. The van der Waals surface area contributed by atoms with Gasteiger partial charge in [-0.05, 0) is 48.9 Å². The minimum absolute atomic E-state index is 0.135. The quantitative estimate of drug-likeness (QED) is 0.785. The Hall–Kier alpha value is -3.15. The molecular weight excluding hydrogens is 321 g/mol. The van der Waals surface area contributed by atoms with Crippen molar-refractivity contribution >= 4 is 11.6 Å². The molecule has 1 N–H and O–H groups in total. The second-order valence-corrected chi connectivity index (χ2v) is 5.96. The number of pyridine rings is 1. The second-order valence-electron chi connectivity index (χ2n) is 5.96.